The summed E-state index contributed by atoms with van der Waals surface area (Å²) in [6.07, 6.45) is 1.50. The molecule has 4 unspecified atom stereocenters. The van der Waals surface area contributed by atoms with Crippen molar-refractivity contribution in [3.8, 4) is 0 Å². The molecule has 0 rings (SSSR count). The van der Waals surface area contributed by atoms with E-state index in [4.69, 9.17) is 29.8 Å². The Morgan fingerprint density at radius 3 is 0.750 bits per heavy atom. The molecule has 0 aliphatic heterocycles. The Morgan fingerprint density at radius 2 is 0.750 bits per heavy atom. The van der Waals surface area contributed by atoms with Crippen LogP contribution in [0.25, 0.3) is 0 Å². The van der Waals surface area contributed by atoms with Crippen molar-refractivity contribution in [2.24, 2.45) is 0 Å². The molecule has 0 saturated carbocycles. The van der Waals surface area contributed by atoms with Gasteiger partial charge in [-0.05, 0) is 0 Å². The predicted octanol–water partition coefficient (Wildman–Crippen LogP) is 0.910. The molecule has 0 aromatic heterocycles. The van der Waals surface area contributed by atoms with Crippen LogP contribution in [0.4, 0.5) is 0 Å². The molecule has 0 heterocycles. The van der Waals surface area contributed by atoms with Gasteiger partial charge in [-0.25, -0.2) is 8.62 Å². The Kier molecular flexibility index (Phi) is 33.4. The minimum atomic E-state index is -3.20. The van der Waals surface area contributed by atoms with Crippen molar-refractivity contribution >= 4 is 33.0 Å². The van der Waals surface area contributed by atoms with E-state index >= 15 is 0 Å². The second-order valence-corrected chi connectivity index (χ2v) is 5.39. The maximum atomic E-state index is 9.44. The van der Waals surface area contributed by atoms with Gasteiger partial charge in [0.15, 0.2) is 0 Å². The van der Waals surface area contributed by atoms with E-state index in [1.54, 1.807) is 0 Å². The molecule has 0 radical (unpaired) electrons. The molecule has 12 nitrogen and oxygen atoms in total. The predicted molar refractivity (Wildman–Crippen MR) is 72.7 cm³/mol. The number of hydrogen-bond acceptors (Lipinski definition) is 8. The van der Waals surface area contributed by atoms with Gasteiger partial charge >= 0.3 is 33.0 Å². The molecule has 0 spiro atoms. The average molecular weight is 380 g/mol. The Bertz CT molecular complexity index is 271. The summed E-state index contributed by atoms with van der Waals surface area (Å²) in [4.78, 5) is 30.8. The minimum absolute atomic E-state index is 0.750. The Balaban J connectivity index is -0.0000000927. The van der Waals surface area contributed by atoms with Crippen molar-refractivity contribution < 1.29 is 56.7 Å². The van der Waals surface area contributed by atoms with Gasteiger partial charge in [0.1, 0.15) is 0 Å². The number of aliphatic hydroxyl groups excluding tert-OH is 2. The molecule has 0 aliphatic carbocycles. The zero-order valence-corrected chi connectivity index (χ0v) is 13.7. The van der Waals surface area contributed by atoms with Gasteiger partial charge in [-0.3, -0.25) is 18.3 Å². The Hall–Kier alpha value is -0.240. The van der Waals surface area contributed by atoms with Crippen LogP contribution in [-0.4, -0.2) is 29.8 Å². The minimum Gasteiger partial charge on any atom is -0.516 e. The molecule has 0 fully saturated rings. The summed E-state index contributed by atoms with van der Waals surface area (Å²) in [6, 6.07) is 0. The van der Waals surface area contributed by atoms with E-state index in [2.05, 4.69) is 21.8 Å². The molecular formula is C4H16O12P4. The third-order valence-electron chi connectivity index (χ3n) is 0.349. The average Bonchev–Trinajstić information content (AvgIpc) is 2.15. The third-order valence-corrected chi connectivity index (χ3v) is 3.14. The van der Waals surface area contributed by atoms with Gasteiger partial charge in [-0.15, -0.1) is 0 Å². The lowest BCUT2D eigenvalue weighted by atomic mass is 11.2. The molecule has 6 N–H and O–H groups in total. The van der Waals surface area contributed by atoms with Crippen LogP contribution in [0.3, 0.4) is 0 Å². The highest BCUT2D eigenvalue weighted by Crippen LogP contribution is 2.31. The number of hydrogen-bond donors (Lipinski definition) is 6. The molecule has 0 aliphatic rings. The van der Waals surface area contributed by atoms with E-state index in [1.165, 1.54) is 0 Å². The first-order valence-electron chi connectivity index (χ1n) is 3.86. The normalized spacial score (nSPS) is 14.2. The summed E-state index contributed by atoms with van der Waals surface area (Å²) in [5.41, 5.74) is 0. The second-order valence-electron chi connectivity index (χ2n) is 1.63. The molecule has 0 aromatic rings. The topological polar surface area (TPSA) is 208 Å². The van der Waals surface area contributed by atoms with Crippen molar-refractivity contribution in [1.29, 1.82) is 0 Å². The van der Waals surface area contributed by atoms with Gasteiger partial charge in [0.25, 0.3) is 0 Å². The first kappa shape index (κ1) is 28.0. The smallest absolute Gasteiger partial charge is 0.323 e. The molecule has 20 heavy (non-hydrogen) atoms. The first-order valence-corrected chi connectivity index (χ1v) is 8.92. The summed E-state index contributed by atoms with van der Waals surface area (Å²) in [5, 5.41) is 14.7. The SMILES string of the molecule is C=CO.C=CO.O=[PH](O)O[PH](=O)O.O=[PH](O)O[PH](=O)O. The van der Waals surface area contributed by atoms with Crippen LogP contribution in [0.2, 0.25) is 0 Å². The van der Waals surface area contributed by atoms with E-state index in [0.29, 0.717) is 0 Å². The summed E-state index contributed by atoms with van der Waals surface area (Å²) < 4.78 is 44.7. The largest absolute Gasteiger partial charge is 0.516 e. The van der Waals surface area contributed by atoms with E-state index in [-0.39, 0.29) is 0 Å². The van der Waals surface area contributed by atoms with Crippen molar-refractivity contribution in [2.75, 3.05) is 0 Å². The van der Waals surface area contributed by atoms with Crippen LogP contribution in [0.15, 0.2) is 25.7 Å². The summed E-state index contributed by atoms with van der Waals surface area (Å²) in [7, 11) is -12.8. The summed E-state index contributed by atoms with van der Waals surface area (Å²) in [6.45, 7) is 5.83. The van der Waals surface area contributed by atoms with Gasteiger partial charge in [0.2, 0.25) is 0 Å². The summed E-state index contributed by atoms with van der Waals surface area (Å²) >= 11 is 0. The van der Waals surface area contributed by atoms with E-state index in [1.807, 2.05) is 0 Å². The molecular weight excluding hydrogens is 364 g/mol. The lowest BCUT2D eigenvalue weighted by Gasteiger charge is -1.86. The zero-order valence-electron chi connectivity index (χ0n) is 9.70. The highest BCUT2D eigenvalue weighted by atomic mass is 31.2. The molecule has 0 amide bonds. The fraction of sp³-hybridized carbons (Fsp3) is 0. The van der Waals surface area contributed by atoms with Crippen molar-refractivity contribution in [3.05, 3.63) is 25.7 Å². The van der Waals surface area contributed by atoms with E-state index < -0.39 is 33.0 Å². The van der Waals surface area contributed by atoms with Crippen molar-refractivity contribution in [2.45, 2.75) is 0 Å². The quantitative estimate of drug-likeness (QED) is 0.297. The zero-order chi connectivity index (χ0) is 17.1. The molecule has 16 heteroatoms. The molecule has 0 aromatic carbocycles. The fourth-order valence-corrected chi connectivity index (χ4v) is 1.34. The van der Waals surface area contributed by atoms with Gasteiger partial charge < -0.3 is 29.8 Å². The van der Waals surface area contributed by atoms with Crippen LogP contribution >= 0.6 is 33.0 Å². The van der Waals surface area contributed by atoms with Crippen molar-refractivity contribution in [1.82, 2.24) is 0 Å². The lowest BCUT2D eigenvalue weighted by molar-refractivity contribution is 0.368. The summed E-state index contributed by atoms with van der Waals surface area (Å²) in [5.74, 6) is 0. The molecule has 124 valence electrons. The molecule has 0 bridgehead atoms. The maximum Gasteiger partial charge on any atom is 0.323 e. The Labute approximate surface area is 116 Å². The van der Waals surface area contributed by atoms with Crippen molar-refractivity contribution in [3.63, 3.8) is 0 Å². The van der Waals surface area contributed by atoms with Crippen LogP contribution in [0.1, 0.15) is 0 Å². The third kappa shape index (κ3) is 82.8. The standard InChI is InChI=1S/2C2H4O.2H4O5P2/c2*1-2-3;2*1-6(2)5-7(3)4/h2*2-3H,1H2;2*6-7H,(H,1,2)(H,3,4). The van der Waals surface area contributed by atoms with Gasteiger partial charge in [-0.1, -0.05) is 13.2 Å². The maximum absolute atomic E-state index is 9.44. The first-order chi connectivity index (χ1) is 9.08. The van der Waals surface area contributed by atoms with Gasteiger partial charge in [0.05, 0.1) is 12.5 Å². The Morgan fingerprint density at radius 1 is 0.650 bits per heavy atom. The number of rotatable bonds is 4. The lowest BCUT2D eigenvalue weighted by Crippen LogP contribution is -1.58. The van der Waals surface area contributed by atoms with E-state index in [0.717, 1.165) is 12.5 Å². The van der Waals surface area contributed by atoms with E-state index in [9.17, 15) is 18.3 Å². The second kappa shape index (κ2) is 23.8. The number of aliphatic hydroxyl groups is 2. The molecule has 0 saturated heterocycles. The highest BCUT2D eigenvalue weighted by Gasteiger charge is 1.93. The fourth-order valence-electron chi connectivity index (χ4n) is 0.149. The van der Waals surface area contributed by atoms with Crippen LogP contribution in [0, 0.1) is 0 Å². The van der Waals surface area contributed by atoms with Crippen LogP contribution in [0.5, 0.6) is 0 Å². The monoisotopic (exact) mass is 380 g/mol. The van der Waals surface area contributed by atoms with Crippen LogP contribution in [-0.2, 0) is 26.9 Å². The van der Waals surface area contributed by atoms with Gasteiger partial charge in [0, 0.05) is 0 Å². The highest BCUT2D eigenvalue weighted by molar-refractivity contribution is 7.46. The van der Waals surface area contributed by atoms with Crippen LogP contribution < -0.4 is 0 Å². The van der Waals surface area contributed by atoms with Gasteiger partial charge in [-0.2, -0.15) is 0 Å². The molecule has 4 atom stereocenters.